The number of hydrogen-bond acceptors (Lipinski definition) is 5. The molecule has 0 saturated carbocycles. The van der Waals surface area contributed by atoms with Crippen molar-refractivity contribution in [2.45, 2.75) is 23.4 Å². The molecule has 158 valence electrons. The van der Waals surface area contributed by atoms with E-state index in [1.54, 1.807) is 24.5 Å². The molecule has 4 rings (SSSR count). The topological polar surface area (TPSA) is 75.2 Å². The van der Waals surface area contributed by atoms with Crippen LogP contribution in [0.4, 0.5) is 20.2 Å². The third-order valence-electron chi connectivity index (χ3n) is 4.90. The third kappa shape index (κ3) is 4.72. The molecule has 1 aliphatic heterocycles. The molecule has 0 bridgehead atoms. The summed E-state index contributed by atoms with van der Waals surface area (Å²) in [6.45, 7) is 1.90. The van der Waals surface area contributed by atoms with Gasteiger partial charge in [-0.25, -0.2) is 18.7 Å². The van der Waals surface area contributed by atoms with Gasteiger partial charge in [0.2, 0.25) is 11.8 Å². The summed E-state index contributed by atoms with van der Waals surface area (Å²) in [6, 6.07) is 10.3. The van der Waals surface area contributed by atoms with Crippen LogP contribution in [-0.2, 0) is 9.59 Å². The van der Waals surface area contributed by atoms with Gasteiger partial charge in [0, 0.05) is 42.0 Å². The van der Waals surface area contributed by atoms with Gasteiger partial charge in [0.25, 0.3) is 0 Å². The van der Waals surface area contributed by atoms with E-state index in [-0.39, 0.29) is 30.5 Å². The van der Waals surface area contributed by atoms with E-state index in [0.717, 1.165) is 22.6 Å². The first-order valence-electron chi connectivity index (χ1n) is 9.52. The van der Waals surface area contributed by atoms with E-state index >= 15 is 0 Å². The van der Waals surface area contributed by atoms with Crippen LogP contribution >= 0.6 is 11.8 Å². The summed E-state index contributed by atoms with van der Waals surface area (Å²) in [6.07, 6.45) is 3.29. The van der Waals surface area contributed by atoms with Crippen molar-refractivity contribution < 1.29 is 18.4 Å². The van der Waals surface area contributed by atoms with Crippen molar-refractivity contribution in [1.82, 2.24) is 9.97 Å². The number of aryl methyl sites for hydroxylation is 1. The average Bonchev–Trinajstić information content (AvgIpc) is 3.12. The molecule has 2 amide bonds. The second-order valence-corrected chi connectivity index (χ2v) is 8.14. The normalized spacial score (nSPS) is 15.9. The molecule has 9 heteroatoms. The summed E-state index contributed by atoms with van der Waals surface area (Å²) in [5.74, 6) is -2.90. The zero-order chi connectivity index (χ0) is 22.0. The predicted octanol–water partition coefficient (Wildman–Crippen LogP) is 4.21. The van der Waals surface area contributed by atoms with Gasteiger partial charge in [0.05, 0.1) is 11.6 Å². The van der Waals surface area contributed by atoms with E-state index in [0.29, 0.717) is 10.8 Å². The molecule has 1 saturated heterocycles. The summed E-state index contributed by atoms with van der Waals surface area (Å²) in [5.41, 5.74) is 1.45. The Bertz CT molecular complexity index is 1140. The molecule has 3 aromatic rings. The van der Waals surface area contributed by atoms with Gasteiger partial charge in [-0.1, -0.05) is 0 Å². The molecule has 31 heavy (non-hydrogen) atoms. The van der Waals surface area contributed by atoms with Crippen LogP contribution in [0.1, 0.15) is 12.0 Å². The zero-order valence-corrected chi connectivity index (χ0v) is 17.3. The Morgan fingerprint density at radius 3 is 2.65 bits per heavy atom. The van der Waals surface area contributed by atoms with Gasteiger partial charge >= 0.3 is 0 Å². The van der Waals surface area contributed by atoms with Crippen molar-refractivity contribution in [3.05, 3.63) is 72.1 Å². The molecular weight excluding hydrogens is 422 g/mol. The number of nitrogens with zero attached hydrogens (tertiary/aromatic N) is 3. The van der Waals surface area contributed by atoms with Gasteiger partial charge in [-0.3, -0.25) is 9.59 Å². The second kappa shape index (κ2) is 8.81. The highest BCUT2D eigenvalue weighted by atomic mass is 32.2. The number of halogens is 2. The SMILES string of the molecule is Cc1cc(Sc2ncccn2)ccc1NC(=O)[C@H]1CC(=O)N(c2ccc(F)cc2F)C1. The monoisotopic (exact) mass is 440 g/mol. The molecule has 1 aromatic heterocycles. The molecule has 6 nitrogen and oxygen atoms in total. The number of aromatic nitrogens is 2. The maximum atomic E-state index is 14.1. The van der Waals surface area contributed by atoms with Gasteiger partial charge in [0.15, 0.2) is 5.16 Å². The van der Waals surface area contributed by atoms with E-state index < -0.39 is 17.6 Å². The number of hydrogen-bond donors (Lipinski definition) is 1. The number of carbonyl (C=O) groups excluding carboxylic acids is 2. The first kappa shape index (κ1) is 20.9. The van der Waals surface area contributed by atoms with Crippen LogP contribution in [0.5, 0.6) is 0 Å². The van der Waals surface area contributed by atoms with Crippen molar-refractivity contribution in [2.24, 2.45) is 5.92 Å². The summed E-state index contributed by atoms with van der Waals surface area (Å²) in [5, 5.41) is 3.47. The lowest BCUT2D eigenvalue weighted by Gasteiger charge is -2.18. The van der Waals surface area contributed by atoms with Crippen LogP contribution in [0.15, 0.2) is 64.9 Å². The Balaban J connectivity index is 1.43. The molecule has 0 radical (unpaired) electrons. The summed E-state index contributed by atoms with van der Waals surface area (Å²) in [7, 11) is 0. The van der Waals surface area contributed by atoms with Gasteiger partial charge in [-0.15, -0.1) is 0 Å². The smallest absolute Gasteiger partial charge is 0.229 e. The second-order valence-electron chi connectivity index (χ2n) is 7.10. The maximum Gasteiger partial charge on any atom is 0.229 e. The number of anilines is 2. The van der Waals surface area contributed by atoms with Crippen molar-refractivity contribution in [1.29, 1.82) is 0 Å². The minimum atomic E-state index is -0.833. The van der Waals surface area contributed by atoms with Crippen LogP contribution in [-0.4, -0.2) is 28.3 Å². The molecule has 2 aromatic carbocycles. The quantitative estimate of drug-likeness (QED) is 0.602. The van der Waals surface area contributed by atoms with Crippen LogP contribution in [0.25, 0.3) is 0 Å². The number of carbonyl (C=O) groups is 2. The lowest BCUT2D eigenvalue weighted by Crippen LogP contribution is -2.28. The molecule has 0 unspecified atom stereocenters. The zero-order valence-electron chi connectivity index (χ0n) is 16.5. The number of benzene rings is 2. The fraction of sp³-hybridized carbons (Fsp3) is 0.182. The van der Waals surface area contributed by atoms with Crippen LogP contribution in [0.2, 0.25) is 0 Å². The van der Waals surface area contributed by atoms with Gasteiger partial charge < -0.3 is 10.2 Å². The van der Waals surface area contributed by atoms with Crippen molar-refractivity contribution in [3.63, 3.8) is 0 Å². The summed E-state index contributed by atoms with van der Waals surface area (Å²) in [4.78, 5) is 35.5. The van der Waals surface area contributed by atoms with Gasteiger partial charge in [-0.05, 0) is 60.6 Å². The minimum absolute atomic E-state index is 0.0256. The van der Waals surface area contributed by atoms with Gasteiger partial charge in [-0.2, -0.15) is 0 Å². The molecule has 2 heterocycles. The van der Waals surface area contributed by atoms with Crippen molar-refractivity contribution >= 4 is 35.0 Å². The molecule has 1 aliphatic rings. The molecule has 0 aliphatic carbocycles. The van der Waals surface area contributed by atoms with Crippen LogP contribution < -0.4 is 10.2 Å². The van der Waals surface area contributed by atoms with Crippen molar-refractivity contribution in [2.75, 3.05) is 16.8 Å². The Morgan fingerprint density at radius 1 is 1.16 bits per heavy atom. The molecular formula is C22H18F2N4O2S. The highest BCUT2D eigenvalue weighted by Crippen LogP contribution is 2.30. The lowest BCUT2D eigenvalue weighted by atomic mass is 10.1. The Morgan fingerprint density at radius 2 is 1.94 bits per heavy atom. The fourth-order valence-corrected chi connectivity index (χ4v) is 4.14. The standard InChI is InChI=1S/C22H18F2N4O2S/c1-13-9-16(31-22-25-7-2-8-26-22)4-5-18(13)27-21(30)14-10-20(29)28(12-14)19-6-3-15(23)11-17(19)24/h2-9,11,14H,10,12H2,1H3,(H,27,30)/t14-/m0/s1. The van der Waals surface area contributed by atoms with Crippen LogP contribution in [0.3, 0.4) is 0 Å². The summed E-state index contributed by atoms with van der Waals surface area (Å²) < 4.78 is 27.2. The van der Waals surface area contributed by atoms with Crippen molar-refractivity contribution in [3.8, 4) is 0 Å². The van der Waals surface area contributed by atoms with E-state index in [1.165, 1.54) is 22.7 Å². The third-order valence-corrected chi connectivity index (χ3v) is 5.79. The van der Waals surface area contributed by atoms with Gasteiger partial charge in [0.1, 0.15) is 11.6 Å². The highest BCUT2D eigenvalue weighted by molar-refractivity contribution is 7.99. The van der Waals surface area contributed by atoms with E-state index in [4.69, 9.17) is 0 Å². The number of nitrogens with one attached hydrogen (secondary N) is 1. The predicted molar refractivity (Wildman–Crippen MR) is 113 cm³/mol. The molecule has 1 N–H and O–H groups in total. The fourth-order valence-electron chi connectivity index (χ4n) is 3.33. The Kier molecular flexibility index (Phi) is 5.94. The largest absolute Gasteiger partial charge is 0.326 e. The Labute approximate surface area is 181 Å². The highest BCUT2D eigenvalue weighted by Gasteiger charge is 2.36. The van der Waals surface area contributed by atoms with E-state index in [9.17, 15) is 18.4 Å². The lowest BCUT2D eigenvalue weighted by molar-refractivity contribution is -0.122. The molecule has 1 atom stereocenters. The first-order chi connectivity index (χ1) is 14.9. The number of rotatable bonds is 5. The summed E-state index contributed by atoms with van der Waals surface area (Å²) >= 11 is 1.41. The van der Waals surface area contributed by atoms with E-state index in [2.05, 4.69) is 15.3 Å². The first-order valence-corrected chi connectivity index (χ1v) is 10.3. The van der Waals surface area contributed by atoms with Crippen LogP contribution in [0, 0.1) is 24.5 Å². The number of amides is 2. The minimum Gasteiger partial charge on any atom is -0.326 e. The maximum absolute atomic E-state index is 14.1. The van der Waals surface area contributed by atoms with E-state index in [1.807, 2.05) is 19.1 Å². The molecule has 1 fully saturated rings. The Hall–Kier alpha value is -3.33. The average molecular weight is 440 g/mol. The molecule has 0 spiro atoms.